The molecule has 0 heterocycles. The molecule has 86 valence electrons. The Morgan fingerprint density at radius 1 is 1.35 bits per heavy atom. The molecule has 1 aromatic carbocycles. The highest BCUT2D eigenvalue weighted by molar-refractivity contribution is 6.04. The van der Waals surface area contributed by atoms with Crippen molar-refractivity contribution in [3.63, 3.8) is 0 Å². The Bertz CT molecular complexity index is 493. The zero-order valence-corrected chi connectivity index (χ0v) is 9.73. The predicted molar refractivity (Wildman–Crippen MR) is 65.8 cm³/mol. The van der Waals surface area contributed by atoms with Gasteiger partial charge in [0.15, 0.2) is 0 Å². The van der Waals surface area contributed by atoms with Gasteiger partial charge in [0.05, 0.1) is 0 Å². The van der Waals surface area contributed by atoms with Crippen molar-refractivity contribution in [2.75, 3.05) is 0 Å². The van der Waals surface area contributed by atoms with Crippen LogP contribution in [0.5, 0.6) is 0 Å². The van der Waals surface area contributed by atoms with E-state index >= 15 is 0 Å². The highest BCUT2D eigenvalue weighted by atomic mass is 16.1. The number of nitriles is 1. The fourth-order valence-electron chi connectivity index (χ4n) is 1.62. The molecule has 0 unspecified atom stereocenters. The molecule has 17 heavy (non-hydrogen) atoms. The van der Waals surface area contributed by atoms with Crippen molar-refractivity contribution in [2.45, 2.75) is 25.8 Å². The zero-order chi connectivity index (χ0) is 12.3. The van der Waals surface area contributed by atoms with E-state index in [1.165, 1.54) is 0 Å². The summed E-state index contributed by atoms with van der Waals surface area (Å²) < 4.78 is 0. The molecule has 2 rings (SSSR count). The van der Waals surface area contributed by atoms with Crippen LogP contribution in [-0.2, 0) is 4.79 Å². The summed E-state index contributed by atoms with van der Waals surface area (Å²) in [5.41, 5.74) is 1.85. The predicted octanol–water partition coefficient (Wildman–Crippen LogP) is 2.26. The van der Waals surface area contributed by atoms with Crippen molar-refractivity contribution in [1.82, 2.24) is 5.32 Å². The van der Waals surface area contributed by atoms with E-state index in [0.717, 1.165) is 24.0 Å². The van der Waals surface area contributed by atoms with Crippen LogP contribution in [0.3, 0.4) is 0 Å². The molecule has 1 aliphatic rings. The summed E-state index contributed by atoms with van der Waals surface area (Å²) >= 11 is 0. The van der Waals surface area contributed by atoms with Gasteiger partial charge in [-0.25, -0.2) is 0 Å². The Kier molecular flexibility index (Phi) is 3.24. The second-order valence-corrected chi connectivity index (χ2v) is 4.23. The molecular formula is C14H14N2O. The van der Waals surface area contributed by atoms with E-state index in [1.807, 2.05) is 36.4 Å². The van der Waals surface area contributed by atoms with Gasteiger partial charge in [0.1, 0.15) is 11.6 Å². The third-order valence-corrected chi connectivity index (χ3v) is 2.83. The third-order valence-electron chi connectivity index (χ3n) is 2.83. The van der Waals surface area contributed by atoms with Gasteiger partial charge >= 0.3 is 0 Å². The molecule has 1 aromatic rings. The molecule has 1 amide bonds. The number of hydrogen-bond acceptors (Lipinski definition) is 2. The van der Waals surface area contributed by atoms with Gasteiger partial charge < -0.3 is 5.32 Å². The molecule has 3 heteroatoms. The van der Waals surface area contributed by atoms with E-state index in [0.29, 0.717) is 0 Å². The SMILES string of the molecule is C/C(=C(\C#N)C(=O)NC1CC1)c1ccccc1. The molecule has 0 aromatic heterocycles. The van der Waals surface area contributed by atoms with Gasteiger partial charge in [-0.2, -0.15) is 5.26 Å². The van der Waals surface area contributed by atoms with Gasteiger partial charge in [0, 0.05) is 6.04 Å². The van der Waals surface area contributed by atoms with E-state index in [-0.39, 0.29) is 17.5 Å². The fraction of sp³-hybridized carbons (Fsp3) is 0.286. The van der Waals surface area contributed by atoms with Crippen LogP contribution in [0.4, 0.5) is 0 Å². The Balaban J connectivity index is 2.26. The molecule has 1 saturated carbocycles. The Morgan fingerprint density at radius 2 is 2.00 bits per heavy atom. The maximum absolute atomic E-state index is 11.8. The largest absolute Gasteiger partial charge is 0.349 e. The molecular weight excluding hydrogens is 212 g/mol. The first-order valence-electron chi connectivity index (χ1n) is 5.69. The average Bonchev–Trinajstić information content (AvgIpc) is 3.15. The van der Waals surface area contributed by atoms with Crippen LogP contribution >= 0.6 is 0 Å². The smallest absolute Gasteiger partial charge is 0.262 e. The quantitative estimate of drug-likeness (QED) is 0.635. The molecule has 0 radical (unpaired) electrons. The van der Waals surface area contributed by atoms with E-state index in [4.69, 9.17) is 5.26 Å². The zero-order valence-electron chi connectivity index (χ0n) is 9.73. The number of carbonyl (C=O) groups excluding carboxylic acids is 1. The fourth-order valence-corrected chi connectivity index (χ4v) is 1.62. The number of amides is 1. The van der Waals surface area contributed by atoms with E-state index < -0.39 is 0 Å². The van der Waals surface area contributed by atoms with Crippen LogP contribution in [0.15, 0.2) is 35.9 Å². The Hall–Kier alpha value is -2.08. The second kappa shape index (κ2) is 4.84. The third kappa shape index (κ3) is 2.73. The van der Waals surface area contributed by atoms with Crippen LogP contribution in [0.1, 0.15) is 25.3 Å². The number of hydrogen-bond donors (Lipinski definition) is 1. The number of allylic oxidation sites excluding steroid dienone is 1. The van der Waals surface area contributed by atoms with Gasteiger partial charge in [0.25, 0.3) is 5.91 Å². The molecule has 1 N–H and O–H groups in total. The summed E-state index contributed by atoms with van der Waals surface area (Å²) in [5.74, 6) is -0.253. The monoisotopic (exact) mass is 226 g/mol. The Morgan fingerprint density at radius 3 is 2.53 bits per heavy atom. The van der Waals surface area contributed by atoms with Gasteiger partial charge in [-0.1, -0.05) is 30.3 Å². The molecule has 0 spiro atoms. The van der Waals surface area contributed by atoms with E-state index in [2.05, 4.69) is 5.32 Å². The summed E-state index contributed by atoms with van der Waals surface area (Å²) in [6.45, 7) is 1.81. The van der Waals surface area contributed by atoms with Gasteiger partial charge in [-0.3, -0.25) is 4.79 Å². The van der Waals surface area contributed by atoms with Crippen molar-refractivity contribution < 1.29 is 4.79 Å². The molecule has 3 nitrogen and oxygen atoms in total. The minimum atomic E-state index is -0.253. The molecule has 0 atom stereocenters. The van der Waals surface area contributed by atoms with Crippen LogP contribution < -0.4 is 5.32 Å². The van der Waals surface area contributed by atoms with Crippen molar-refractivity contribution in [2.24, 2.45) is 0 Å². The minimum absolute atomic E-state index is 0.211. The highest BCUT2D eigenvalue weighted by Crippen LogP contribution is 2.21. The summed E-state index contributed by atoms with van der Waals surface area (Å²) in [5, 5.41) is 11.9. The molecule has 0 bridgehead atoms. The van der Waals surface area contributed by atoms with Gasteiger partial charge in [-0.05, 0) is 30.9 Å². The van der Waals surface area contributed by atoms with Crippen molar-refractivity contribution in [3.05, 3.63) is 41.5 Å². The topological polar surface area (TPSA) is 52.9 Å². The lowest BCUT2D eigenvalue weighted by Gasteiger charge is -2.06. The standard InChI is InChI=1S/C14H14N2O/c1-10(11-5-3-2-4-6-11)13(9-15)14(17)16-12-7-8-12/h2-6,12H,7-8H2,1H3,(H,16,17)/b13-10-. The van der Waals surface area contributed by atoms with Crippen LogP contribution in [0, 0.1) is 11.3 Å². The van der Waals surface area contributed by atoms with Crippen molar-refractivity contribution >= 4 is 11.5 Å². The first-order chi connectivity index (χ1) is 8.22. The average molecular weight is 226 g/mol. The maximum Gasteiger partial charge on any atom is 0.262 e. The number of carbonyl (C=O) groups is 1. The lowest BCUT2D eigenvalue weighted by Crippen LogP contribution is -2.27. The van der Waals surface area contributed by atoms with E-state index in [9.17, 15) is 4.79 Å². The number of nitrogens with one attached hydrogen (secondary N) is 1. The van der Waals surface area contributed by atoms with Crippen LogP contribution in [0.2, 0.25) is 0 Å². The van der Waals surface area contributed by atoms with Crippen molar-refractivity contribution in [1.29, 1.82) is 5.26 Å². The Labute approximate surface area is 101 Å². The number of nitrogens with zero attached hydrogens (tertiary/aromatic N) is 1. The normalized spacial score (nSPS) is 15.8. The lowest BCUT2D eigenvalue weighted by molar-refractivity contribution is -0.117. The molecule has 1 aliphatic carbocycles. The highest BCUT2D eigenvalue weighted by Gasteiger charge is 2.25. The summed E-state index contributed by atoms with van der Waals surface area (Å²) in [7, 11) is 0. The number of rotatable bonds is 3. The molecule has 0 aliphatic heterocycles. The van der Waals surface area contributed by atoms with Crippen LogP contribution in [-0.4, -0.2) is 11.9 Å². The van der Waals surface area contributed by atoms with Crippen LogP contribution in [0.25, 0.3) is 5.57 Å². The summed E-state index contributed by atoms with van der Waals surface area (Å²) in [4.78, 5) is 11.8. The number of benzene rings is 1. The second-order valence-electron chi connectivity index (χ2n) is 4.23. The first-order valence-corrected chi connectivity index (χ1v) is 5.69. The first kappa shape index (κ1) is 11.4. The molecule has 0 saturated heterocycles. The van der Waals surface area contributed by atoms with Crippen molar-refractivity contribution in [3.8, 4) is 6.07 Å². The minimum Gasteiger partial charge on any atom is -0.349 e. The van der Waals surface area contributed by atoms with Gasteiger partial charge in [-0.15, -0.1) is 0 Å². The van der Waals surface area contributed by atoms with E-state index in [1.54, 1.807) is 6.92 Å². The summed E-state index contributed by atoms with van der Waals surface area (Å²) in [6, 6.07) is 11.8. The van der Waals surface area contributed by atoms with Gasteiger partial charge in [0.2, 0.25) is 0 Å². The molecule has 1 fully saturated rings. The lowest BCUT2D eigenvalue weighted by atomic mass is 10.0. The maximum atomic E-state index is 11.8. The summed E-state index contributed by atoms with van der Waals surface area (Å²) in [6.07, 6.45) is 2.05.